The molecule has 1 aromatic heterocycles. The summed E-state index contributed by atoms with van der Waals surface area (Å²) in [5, 5.41) is 14.9. The van der Waals surface area contributed by atoms with Gasteiger partial charge in [0.05, 0.1) is 29.5 Å². The van der Waals surface area contributed by atoms with E-state index in [0.29, 0.717) is 24.0 Å². The zero-order valence-electron chi connectivity index (χ0n) is 18.4. The summed E-state index contributed by atoms with van der Waals surface area (Å²) < 4.78 is 24.7. The van der Waals surface area contributed by atoms with Gasteiger partial charge in [-0.15, -0.1) is 5.10 Å². The van der Waals surface area contributed by atoms with Gasteiger partial charge in [-0.3, -0.25) is 9.59 Å². The van der Waals surface area contributed by atoms with Crippen LogP contribution in [-0.2, 0) is 19.4 Å². The number of benzene rings is 1. The third-order valence-corrected chi connectivity index (χ3v) is 7.91. The molecule has 1 aromatic carbocycles. The minimum atomic E-state index is -3.08. The number of carbonyl (C=O) groups excluding carboxylic acids is 2. The molecule has 1 saturated heterocycles. The number of aromatic nitrogens is 4. The molecular formula is C20H28N6O4S2. The Morgan fingerprint density at radius 3 is 2.59 bits per heavy atom. The number of nitrogens with zero attached hydrogens (tertiary/aromatic N) is 5. The molecule has 1 aliphatic heterocycles. The number of hydrogen-bond acceptors (Lipinski definition) is 8. The second-order valence-corrected chi connectivity index (χ2v) is 11.2. The summed E-state index contributed by atoms with van der Waals surface area (Å²) in [6, 6.07) is 7.53. The van der Waals surface area contributed by atoms with E-state index < -0.39 is 9.84 Å². The van der Waals surface area contributed by atoms with E-state index in [-0.39, 0.29) is 41.7 Å². The van der Waals surface area contributed by atoms with E-state index in [0.717, 1.165) is 5.69 Å². The molecule has 2 amide bonds. The molecule has 0 saturated carbocycles. The molecule has 10 nitrogen and oxygen atoms in total. The van der Waals surface area contributed by atoms with Crippen LogP contribution in [0.1, 0.15) is 38.7 Å². The van der Waals surface area contributed by atoms with Crippen molar-refractivity contribution in [3.8, 4) is 5.69 Å². The summed E-state index contributed by atoms with van der Waals surface area (Å²) >= 11 is 1.20. The summed E-state index contributed by atoms with van der Waals surface area (Å²) in [7, 11) is -3.08. The fraction of sp³-hybridized carbons (Fsp3) is 0.550. The van der Waals surface area contributed by atoms with Crippen LogP contribution in [0, 0.1) is 0 Å². The average Bonchev–Trinajstić information content (AvgIpc) is 3.35. The van der Waals surface area contributed by atoms with Crippen molar-refractivity contribution >= 4 is 33.4 Å². The quantitative estimate of drug-likeness (QED) is 0.527. The monoisotopic (exact) mass is 480 g/mol. The van der Waals surface area contributed by atoms with Gasteiger partial charge < -0.3 is 10.2 Å². The molecule has 32 heavy (non-hydrogen) atoms. The average molecular weight is 481 g/mol. The van der Waals surface area contributed by atoms with Gasteiger partial charge in [0.1, 0.15) is 0 Å². The Hall–Kier alpha value is -2.47. The molecule has 0 aliphatic carbocycles. The topological polar surface area (TPSA) is 127 Å². The second-order valence-electron chi connectivity index (χ2n) is 7.98. The van der Waals surface area contributed by atoms with E-state index in [1.807, 2.05) is 24.3 Å². The van der Waals surface area contributed by atoms with Gasteiger partial charge in [-0.25, -0.2) is 8.42 Å². The van der Waals surface area contributed by atoms with Crippen LogP contribution in [0.3, 0.4) is 0 Å². The van der Waals surface area contributed by atoms with E-state index in [1.54, 1.807) is 11.6 Å². The standard InChI is InChI=1S/C20H28N6O4S2/c1-4-25(11-18(27)21-16-9-10-32(29,30)13-16)19(28)12-31-20-22-23-24-26(20)17-7-5-15(6-8-17)14(2)3/h5-8,14,16H,4,9-13H2,1-3H3,(H,21,27). The number of thioether (sulfide) groups is 1. The summed E-state index contributed by atoms with van der Waals surface area (Å²) in [5.41, 5.74) is 2.01. The third-order valence-electron chi connectivity index (χ3n) is 5.24. The summed E-state index contributed by atoms with van der Waals surface area (Å²) in [6.07, 6.45) is 0.408. The van der Waals surface area contributed by atoms with Crippen LogP contribution < -0.4 is 5.32 Å². The Kier molecular flexibility index (Phi) is 7.88. The largest absolute Gasteiger partial charge is 0.351 e. The number of tetrazole rings is 1. The fourth-order valence-corrected chi connectivity index (χ4v) is 5.85. The van der Waals surface area contributed by atoms with Crippen LogP contribution in [0.5, 0.6) is 0 Å². The maximum absolute atomic E-state index is 12.7. The number of amides is 2. The van der Waals surface area contributed by atoms with Crippen LogP contribution in [0.2, 0.25) is 0 Å². The molecule has 12 heteroatoms. The first-order chi connectivity index (χ1) is 15.2. The van der Waals surface area contributed by atoms with Crippen LogP contribution in [0.15, 0.2) is 29.4 Å². The summed E-state index contributed by atoms with van der Waals surface area (Å²) in [6.45, 7) is 6.27. The Labute approximate surface area is 192 Å². The molecule has 0 bridgehead atoms. The molecule has 0 radical (unpaired) electrons. The molecule has 1 unspecified atom stereocenters. The highest BCUT2D eigenvalue weighted by Crippen LogP contribution is 2.21. The summed E-state index contributed by atoms with van der Waals surface area (Å²) in [5.74, 6) is -0.0582. The minimum Gasteiger partial charge on any atom is -0.351 e. The number of likely N-dealkylation sites (N-methyl/N-ethyl adjacent to an activating group) is 1. The van der Waals surface area contributed by atoms with Crippen molar-refractivity contribution in [2.45, 2.75) is 44.3 Å². The van der Waals surface area contributed by atoms with E-state index in [2.05, 4.69) is 34.7 Å². The number of nitrogens with one attached hydrogen (secondary N) is 1. The Morgan fingerprint density at radius 2 is 2.00 bits per heavy atom. The highest BCUT2D eigenvalue weighted by molar-refractivity contribution is 7.99. The molecule has 0 spiro atoms. The van der Waals surface area contributed by atoms with Crippen LogP contribution in [0.25, 0.3) is 5.69 Å². The number of carbonyl (C=O) groups is 2. The maximum Gasteiger partial charge on any atom is 0.239 e. The van der Waals surface area contributed by atoms with Crippen molar-refractivity contribution in [2.24, 2.45) is 0 Å². The molecule has 2 heterocycles. The van der Waals surface area contributed by atoms with E-state index >= 15 is 0 Å². The van der Waals surface area contributed by atoms with Crippen LogP contribution in [0.4, 0.5) is 0 Å². The van der Waals surface area contributed by atoms with Gasteiger partial charge in [0.2, 0.25) is 17.0 Å². The highest BCUT2D eigenvalue weighted by Gasteiger charge is 2.29. The molecule has 174 valence electrons. The zero-order valence-corrected chi connectivity index (χ0v) is 20.0. The number of sulfone groups is 1. The minimum absolute atomic E-state index is 0.0462. The number of rotatable bonds is 9. The fourth-order valence-electron chi connectivity index (χ4n) is 3.38. The van der Waals surface area contributed by atoms with Gasteiger partial charge in [-0.05, 0) is 47.4 Å². The van der Waals surface area contributed by atoms with Crippen molar-refractivity contribution in [2.75, 3.05) is 30.3 Å². The highest BCUT2D eigenvalue weighted by atomic mass is 32.2. The van der Waals surface area contributed by atoms with Crippen molar-refractivity contribution in [3.63, 3.8) is 0 Å². The lowest BCUT2D eigenvalue weighted by Gasteiger charge is -2.21. The maximum atomic E-state index is 12.7. The molecule has 1 aliphatic rings. The Bertz CT molecular complexity index is 1050. The number of hydrogen-bond donors (Lipinski definition) is 1. The van der Waals surface area contributed by atoms with Crippen LogP contribution in [-0.4, -0.2) is 81.7 Å². The summed E-state index contributed by atoms with van der Waals surface area (Å²) in [4.78, 5) is 26.4. The van der Waals surface area contributed by atoms with Gasteiger partial charge >= 0.3 is 0 Å². The van der Waals surface area contributed by atoms with Crippen molar-refractivity contribution in [1.29, 1.82) is 0 Å². The predicted molar refractivity (Wildman–Crippen MR) is 121 cm³/mol. The third kappa shape index (κ3) is 6.28. The predicted octanol–water partition coefficient (Wildman–Crippen LogP) is 1.03. The Balaban J connectivity index is 1.55. The molecule has 1 atom stereocenters. The van der Waals surface area contributed by atoms with Crippen molar-refractivity contribution in [1.82, 2.24) is 30.4 Å². The van der Waals surface area contributed by atoms with E-state index in [9.17, 15) is 18.0 Å². The van der Waals surface area contributed by atoms with Gasteiger partial charge in [0.15, 0.2) is 9.84 Å². The zero-order chi connectivity index (χ0) is 23.3. The molecule has 2 aromatic rings. The lowest BCUT2D eigenvalue weighted by molar-refractivity contribution is -0.134. The van der Waals surface area contributed by atoms with Gasteiger partial charge in [-0.2, -0.15) is 4.68 Å². The molecular weight excluding hydrogens is 452 g/mol. The normalized spacial score (nSPS) is 17.4. The van der Waals surface area contributed by atoms with Crippen molar-refractivity contribution < 1.29 is 18.0 Å². The SMILES string of the molecule is CCN(CC(=O)NC1CCS(=O)(=O)C1)C(=O)CSc1nnnn1-c1ccc(C(C)C)cc1. The molecule has 3 rings (SSSR count). The lowest BCUT2D eigenvalue weighted by Crippen LogP contribution is -2.45. The van der Waals surface area contributed by atoms with E-state index in [4.69, 9.17) is 0 Å². The smallest absolute Gasteiger partial charge is 0.239 e. The van der Waals surface area contributed by atoms with Gasteiger partial charge in [0.25, 0.3) is 0 Å². The molecule has 1 N–H and O–H groups in total. The Morgan fingerprint density at radius 1 is 1.28 bits per heavy atom. The van der Waals surface area contributed by atoms with Gasteiger partial charge in [-0.1, -0.05) is 37.7 Å². The first kappa shape index (κ1) is 24.2. The molecule has 1 fully saturated rings. The second kappa shape index (κ2) is 10.4. The van der Waals surface area contributed by atoms with Crippen molar-refractivity contribution in [3.05, 3.63) is 29.8 Å². The van der Waals surface area contributed by atoms with E-state index in [1.165, 1.54) is 22.2 Å². The first-order valence-corrected chi connectivity index (χ1v) is 13.3. The first-order valence-electron chi connectivity index (χ1n) is 10.5. The van der Waals surface area contributed by atoms with Gasteiger partial charge in [0, 0.05) is 12.6 Å². The lowest BCUT2D eigenvalue weighted by atomic mass is 10.0. The van der Waals surface area contributed by atoms with Crippen LogP contribution >= 0.6 is 11.8 Å².